The molecule has 4 rings (SSSR count). The SMILES string of the molecule is Cc1nc(NCc2noc([C@H]3CCCO3)n2)c2ccsc2n1. The average molecular weight is 317 g/mol. The van der Waals surface area contributed by atoms with Crippen LogP contribution < -0.4 is 5.32 Å². The molecule has 0 spiro atoms. The Kier molecular flexibility index (Phi) is 3.47. The monoisotopic (exact) mass is 317 g/mol. The van der Waals surface area contributed by atoms with Gasteiger partial charge < -0.3 is 14.6 Å². The Morgan fingerprint density at radius 2 is 2.32 bits per heavy atom. The summed E-state index contributed by atoms with van der Waals surface area (Å²) in [6.45, 7) is 3.10. The lowest BCUT2D eigenvalue weighted by molar-refractivity contribution is 0.0835. The van der Waals surface area contributed by atoms with Gasteiger partial charge in [0.1, 0.15) is 22.6 Å². The topological polar surface area (TPSA) is 86.0 Å². The summed E-state index contributed by atoms with van der Waals surface area (Å²) in [5, 5.41) is 10.3. The first-order valence-corrected chi connectivity index (χ1v) is 8.07. The maximum absolute atomic E-state index is 5.54. The summed E-state index contributed by atoms with van der Waals surface area (Å²) in [7, 11) is 0. The lowest BCUT2D eigenvalue weighted by Crippen LogP contribution is -2.05. The van der Waals surface area contributed by atoms with Crippen molar-refractivity contribution >= 4 is 27.4 Å². The van der Waals surface area contributed by atoms with Crippen molar-refractivity contribution in [3.05, 3.63) is 29.0 Å². The van der Waals surface area contributed by atoms with Gasteiger partial charge in [-0.15, -0.1) is 11.3 Å². The number of nitrogens with zero attached hydrogens (tertiary/aromatic N) is 4. The van der Waals surface area contributed by atoms with Gasteiger partial charge in [-0.25, -0.2) is 9.97 Å². The van der Waals surface area contributed by atoms with E-state index < -0.39 is 0 Å². The number of aryl methyl sites for hydroxylation is 1. The zero-order valence-corrected chi connectivity index (χ0v) is 12.9. The normalized spacial score (nSPS) is 18.1. The number of anilines is 1. The van der Waals surface area contributed by atoms with Gasteiger partial charge in [0, 0.05) is 6.61 Å². The molecule has 0 aliphatic carbocycles. The number of nitrogens with one attached hydrogen (secondary N) is 1. The summed E-state index contributed by atoms with van der Waals surface area (Å²) >= 11 is 1.60. The van der Waals surface area contributed by atoms with Gasteiger partial charge in [0.25, 0.3) is 5.89 Å². The largest absolute Gasteiger partial charge is 0.368 e. The molecule has 1 aliphatic rings. The summed E-state index contributed by atoms with van der Waals surface area (Å²) in [5.74, 6) is 2.71. The molecule has 0 saturated carbocycles. The standard InChI is InChI=1S/C14H15N5O2S/c1-8-16-12(9-4-6-22-14(9)17-8)15-7-11-18-13(21-19-11)10-3-2-5-20-10/h4,6,10H,2-3,5,7H2,1H3,(H,15,16,17)/t10-/m1/s1. The Bertz CT molecular complexity index is 793. The second kappa shape index (κ2) is 5.62. The van der Waals surface area contributed by atoms with Crippen LogP contribution in [0, 0.1) is 6.92 Å². The molecule has 114 valence electrons. The predicted molar refractivity (Wildman–Crippen MR) is 81.7 cm³/mol. The molecular weight excluding hydrogens is 302 g/mol. The number of aromatic nitrogens is 4. The molecule has 0 bridgehead atoms. The number of fused-ring (bicyclic) bond motifs is 1. The quantitative estimate of drug-likeness (QED) is 0.791. The third kappa shape index (κ3) is 2.55. The van der Waals surface area contributed by atoms with Crippen molar-refractivity contribution in [2.24, 2.45) is 0 Å². The van der Waals surface area contributed by atoms with Gasteiger partial charge in [0.2, 0.25) is 0 Å². The summed E-state index contributed by atoms with van der Waals surface area (Å²) in [4.78, 5) is 14.2. The second-order valence-electron chi connectivity index (χ2n) is 5.16. The van der Waals surface area contributed by atoms with E-state index in [1.807, 2.05) is 18.4 Å². The lowest BCUT2D eigenvalue weighted by atomic mass is 10.2. The lowest BCUT2D eigenvalue weighted by Gasteiger charge is -2.05. The van der Waals surface area contributed by atoms with Crippen LogP contribution in [0.25, 0.3) is 10.2 Å². The van der Waals surface area contributed by atoms with Crippen molar-refractivity contribution in [1.82, 2.24) is 20.1 Å². The van der Waals surface area contributed by atoms with Crippen LogP contribution in [-0.4, -0.2) is 26.7 Å². The maximum atomic E-state index is 5.54. The number of ether oxygens (including phenoxy) is 1. The van der Waals surface area contributed by atoms with E-state index in [-0.39, 0.29) is 6.10 Å². The van der Waals surface area contributed by atoms with Crippen LogP contribution in [-0.2, 0) is 11.3 Å². The zero-order chi connectivity index (χ0) is 14.9. The van der Waals surface area contributed by atoms with Gasteiger partial charge in [0.15, 0.2) is 5.82 Å². The molecule has 1 fully saturated rings. The molecule has 1 aliphatic heterocycles. The first-order chi connectivity index (χ1) is 10.8. The smallest absolute Gasteiger partial charge is 0.255 e. The van der Waals surface area contributed by atoms with E-state index in [2.05, 4.69) is 25.4 Å². The summed E-state index contributed by atoms with van der Waals surface area (Å²) in [6.07, 6.45) is 1.93. The first kappa shape index (κ1) is 13.6. The van der Waals surface area contributed by atoms with Crippen molar-refractivity contribution in [3.63, 3.8) is 0 Å². The molecule has 0 aromatic carbocycles. The Hall–Kier alpha value is -2.06. The highest BCUT2D eigenvalue weighted by atomic mass is 32.1. The highest BCUT2D eigenvalue weighted by molar-refractivity contribution is 7.16. The highest BCUT2D eigenvalue weighted by Gasteiger charge is 2.23. The highest BCUT2D eigenvalue weighted by Crippen LogP contribution is 2.27. The summed E-state index contributed by atoms with van der Waals surface area (Å²) in [5.41, 5.74) is 0. The van der Waals surface area contributed by atoms with Crippen molar-refractivity contribution in [3.8, 4) is 0 Å². The number of hydrogen-bond donors (Lipinski definition) is 1. The van der Waals surface area contributed by atoms with Gasteiger partial charge in [-0.05, 0) is 31.2 Å². The van der Waals surface area contributed by atoms with E-state index in [9.17, 15) is 0 Å². The van der Waals surface area contributed by atoms with Crippen LogP contribution in [0.2, 0.25) is 0 Å². The van der Waals surface area contributed by atoms with Crippen LogP contribution in [0.1, 0.15) is 36.5 Å². The minimum absolute atomic E-state index is 0.0499. The summed E-state index contributed by atoms with van der Waals surface area (Å²) in [6, 6.07) is 2.01. The maximum Gasteiger partial charge on any atom is 0.255 e. The first-order valence-electron chi connectivity index (χ1n) is 7.19. The molecule has 1 atom stereocenters. The van der Waals surface area contributed by atoms with E-state index in [4.69, 9.17) is 9.26 Å². The van der Waals surface area contributed by atoms with Crippen LogP contribution in [0.15, 0.2) is 16.0 Å². The van der Waals surface area contributed by atoms with Crippen molar-refractivity contribution in [2.75, 3.05) is 11.9 Å². The molecule has 1 N–H and O–H groups in total. The van der Waals surface area contributed by atoms with Gasteiger partial charge >= 0.3 is 0 Å². The van der Waals surface area contributed by atoms with Crippen LogP contribution in [0.3, 0.4) is 0 Å². The Balaban J connectivity index is 1.50. The molecule has 3 aromatic rings. The number of hydrogen-bond acceptors (Lipinski definition) is 8. The van der Waals surface area contributed by atoms with E-state index >= 15 is 0 Å². The fraction of sp³-hybridized carbons (Fsp3) is 0.429. The molecule has 0 amide bonds. The molecule has 7 nitrogen and oxygen atoms in total. The van der Waals surface area contributed by atoms with Crippen LogP contribution in [0.4, 0.5) is 5.82 Å². The molecule has 4 heterocycles. The Labute approximate surface area is 130 Å². The average Bonchev–Trinajstić information content (AvgIpc) is 3.24. The second-order valence-corrected chi connectivity index (χ2v) is 6.06. The Morgan fingerprint density at radius 1 is 1.36 bits per heavy atom. The minimum Gasteiger partial charge on any atom is -0.368 e. The van der Waals surface area contributed by atoms with E-state index in [0.717, 1.165) is 41.3 Å². The van der Waals surface area contributed by atoms with E-state index in [1.165, 1.54) is 0 Å². The number of rotatable bonds is 4. The van der Waals surface area contributed by atoms with E-state index in [0.29, 0.717) is 18.3 Å². The van der Waals surface area contributed by atoms with Gasteiger partial charge in [0.05, 0.1) is 11.9 Å². The minimum atomic E-state index is -0.0499. The number of thiophene rings is 1. The fourth-order valence-electron chi connectivity index (χ4n) is 2.50. The molecule has 8 heteroatoms. The summed E-state index contributed by atoms with van der Waals surface area (Å²) < 4.78 is 10.8. The van der Waals surface area contributed by atoms with Crippen molar-refractivity contribution < 1.29 is 9.26 Å². The van der Waals surface area contributed by atoms with Gasteiger partial charge in [-0.1, -0.05) is 5.16 Å². The molecule has 0 unspecified atom stereocenters. The molecule has 1 saturated heterocycles. The van der Waals surface area contributed by atoms with Crippen LogP contribution >= 0.6 is 11.3 Å². The molecular formula is C14H15N5O2S. The van der Waals surface area contributed by atoms with Gasteiger partial charge in [-0.3, -0.25) is 0 Å². The molecule has 3 aromatic heterocycles. The Morgan fingerprint density at radius 3 is 3.18 bits per heavy atom. The fourth-order valence-corrected chi connectivity index (χ4v) is 3.31. The van der Waals surface area contributed by atoms with Crippen LogP contribution in [0.5, 0.6) is 0 Å². The van der Waals surface area contributed by atoms with E-state index in [1.54, 1.807) is 11.3 Å². The third-order valence-corrected chi connectivity index (χ3v) is 4.35. The third-order valence-electron chi connectivity index (χ3n) is 3.54. The zero-order valence-electron chi connectivity index (χ0n) is 12.1. The predicted octanol–water partition coefficient (Wildman–Crippen LogP) is 2.85. The molecule has 0 radical (unpaired) electrons. The van der Waals surface area contributed by atoms with Gasteiger partial charge in [-0.2, -0.15) is 4.98 Å². The molecule has 22 heavy (non-hydrogen) atoms. The van der Waals surface area contributed by atoms with Crippen molar-refractivity contribution in [1.29, 1.82) is 0 Å². The van der Waals surface area contributed by atoms with Crippen molar-refractivity contribution in [2.45, 2.75) is 32.4 Å².